The molecule has 104 valence electrons. The fourth-order valence-corrected chi connectivity index (χ4v) is 2.43. The van der Waals surface area contributed by atoms with E-state index in [0.29, 0.717) is 30.0 Å². The van der Waals surface area contributed by atoms with Crippen LogP contribution in [0.1, 0.15) is 5.56 Å². The van der Waals surface area contributed by atoms with E-state index in [-0.39, 0.29) is 0 Å². The van der Waals surface area contributed by atoms with Crippen LogP contribution in [0.2, 0.25) is 0 Å². The lowest BCUT2D eigenvalue weighted by Crippen LogP contribution is -2.06. The first-order valence-corrected chi connectivity index (χ1v) is 6.60. The highest BCUT2D eigenvalue weighted by Gasteiger charge is 2.16. The molecule has 1 aliphatic rings. The summed E-state index contributed by atoms with van der Waals surface area (Å²) in [4.78, 5) is 17.4. The molecule has 0 saturated heterocycles. The van der Waals surface area contributed by atoms with Gasteiger partial charge in [-0.05, 0) is 12.1 Å². The summed E-state index contributed by atoms with van der Waals surface area (Å²) in [7, 11) is 1.94. The highest BCUT2D eigenvalue weighted by atomic mass is 15.3. The number of fused-ring (bicyclic) bond motifs is 2. The molecule has 0 atom stereocenters. The highest BCUT2D eigenvalue weighted by Crippen LogP contribution is 2.28. The van der Waals surface area contributed by atoms with Gasteiger partial charge in [0.25, 0.3) is 0 Å². The van der Waals surface area contributed by atoms with E-state index < -0.39 is 0 Å². The van der Waals surface area contributed by atoms with Gasteiger partial charge >= 0.3 is 0 Å². The number of aliphatic imine (C=N–C) groups is 1. The minimum absolute atomic E-state index is 0.406. The molecule has 0 bridgehead atoms. The van der Waals surface area contributed by atoms with E-state index in [2.05, 4.69) is 25.3 Å². The number of anilines is 3. The van der Waals surface area contributed by atoms with Gasteiger partial charge in [-0.25, -0.2) is 9.98 Å². The summed E-state index contributed by atoms with van der Waals surface area (Å²) in [5.41, 5.74) is 8.77. The molecule has 0 radical (unpaired) electrons. The number of hydrogen-bond donors (Lipinski definition) is 2. The van der Waals surface area contributed by atoms with E-state index in [9.17, 15) is 0 Å². The Bertz CT molecular complexity index is 878. The molecule has 3 N–H and O–H groups in total. The topological polar surface area (TPSA) is 94.0 Å². The molecule has 3 aromatic rings. The van der Waals surface area contributed by atoms with E-state index in [1.807, 2.05) is 35.9 Å². The van der Waals surface area contributed by atoms with Crippen LogP contribution in [0.4, 0.5) is 23.5 Å². The van der Waals surface area contributed by atoms with Gasteiger partial charge < -0.3 is 10.3 Å². The lowest BCUT2D eigenvalue weighted by atomic mass is 10.2. The fraction of sp³-hybridized carbons (Fsp3) is 0.143. The number of hydrogen-bond acceptors (Lipinski definition) is 6. The molecule has 3 heterocycles. The molecule has 7 nitrogen and oxygen atoms in total. The predicted octanol–water partition coefficient (Wildman–Crippen LogP) is 1.95. The molecule has 4 rings (SSSR count). The summed E-state index contributed by atoms with van der Waals surface area (Å²) >= 11 is 0. The molecule has 0 unspecified atom stereocenters. The van der Waals surface area contributed by atoms with Gasteiger partial charge in [0.15, 0.2) is 5.82 Å². The number of nitrogens with one attached hydrogen (secondary N) is 1. The van der Waals surface area contributed by atoms with Crippen LogP contribution in [0, 0.1) is 0 Å². The lowest BCUT2D eigenvalue weighted by Gasteiger charge is -2.07. The first kappa shape index (κ1) is 11.8. The Labute approximate surface area is 120 Å². The monoisotopic (exact) mass is 279 g/mol. The van der Waals surface area contributed by atoms with E-state index >= 15 is 0 Å². The molecule has 0 spiro atoms. The Morgan fingerprint density at radius 3 is 2.90 bits per heavy atom. The van der Waals surface area contributed by atoms with E-state index in [1.165, 1.54) is 0 Å². The van der Waals surface area contributed by atoms with Crippen LogP contribution >= 0.6 is 0 Å². The minimum atomic E-state index is 0.406. The van der Waals surface area contributed by atoms with Crippen LogP contribution in [-0.2, 0) is 13.5 Å². The number of aryl methyl sites for hydroxylation is 1. The van der Waals surface area contributed by atoms with Gasteiger partial charge in [-0.3, -0.25) is 5.32 Å². The molecule has 0 saturated carbocycles. The second-order valence-electron chi connectivity index (χ2n) is 4.86. The second kappa shape index (κ2) is 4.27. The summed E-state index contributed by atoms with van der Waals surface area (Å²) in [6.45, 7) is 0. The Morgan fingerprint density at radius 1 is 1.19 bits per heavy atom. The molecule has 1 aliphatic heterocycles. The van der Waals surface area contributed by atoms with Crippen LogP contribution in [0.3, 0.4) is 0 Å². The molecule has 1 aromatic carbocycles. The fourth-order valence-electron chi connectivity index (χ4n) is 2.43. The van der Waals surface area contributed by atoms with Crippen LogP contribution < -0.4 is 11.1 Å². The summed E-state index contributed by atoms with van der Waals surface area (Å²) < 4.78 is 1.95. The molecular formula is C14H13N7. The van der Waals surface area contributed by atoms with Crippen molar-refractivity contribution in [2.75, 3.05) is 11.1 Å². The maximum atomic E-state index is 5.94. The number of nitrogens with two attached hydrogens (primary N) is 1. The minimum Gasteiger partial charge on any atom is -0.383 e. The van der Waals surface area contributed by atoms with Gasteiger partial charge in [0, 0.05) is 25.2 Å². The van der Waals surface area contributed by atoms with Crippen molar-refractivity contribution in [3.63, 3.8) is 0 Å². The molecule has 0 aliphatic carbocycles. The summed E-state index contributed by atoms with van der Waals surface area (Å²) in [6, 6.07) is 7.91. The Hall–Kier alpha value is -2.96. The van der Waals surface area contributed by atoms with Gasteiger partial charge in [0.05, 0.1) is 11.0 Å². The summed E-state index contributed by atoms with van der Waals surface area (Å²) in [5, 5.41) is 3.11. The van der Waals surface area contributed by atoms with Crippen molar-refractivity contribution >= 4 is 40.8 Å². The maximum absolute atomic E-state index is 5.94. The average Bonchev–Trinajstić information content (AvgIpc) is 3.06. The smallest absolute Gasteiger partial charge is 0.233 e. The maximum Gasteiger partial charge on any atom is 0.233 e. The second-order valence-corrected chi connectivity index (χ2v) is 4.86. The Balaban J connectivity index is 1.76. The average molecular weight is 279 g/mol. The zero-order valence-electron chi connectivity index (χ0n) is 11.4. The summed E-state index contributed by atoms with van der Waals surface area (Å²) in [6.07, 6.45) is 2.47. The standard InChI is InChI=1S/C14H13N7/c1-21-10-5-3-2-4-9(10)17-14(21)20-13-18-11(15)8-6-7-16-12(8)19-13/h2-5,7H,6H2,1H3,(H3,15,17,18,19,20). The van der Waals surface area contributed by atoms with Crippen LogP contribution in [0.25, 0.3) is 11.0 Å². The van der Waals surface area contributed by atoms with Crippen LogP contribution in [-0.4, -0.2) is 25.7 Å². The normalized spacial score (nSPS) is 12.8. The first-order chi connectivity index (χ1) is 10.2. The van der Waals surface area contributed by atoms with Gasteiger partial charge in [0.2, 0.25) is 11.9 Å². The number of aromatic nitrogens is 4. The van der Waals surface area contributed by atoms with Crippen molar-refractivity contribution < 1.29 is 0 Å². The number of benzene rings is 1. The number of rotatable bonds is 2. The van der Waals surface area contributed by atoms with Crippen LogP contribution in [0.15, 0.2) is 29.3 Å². The molecule has 2 aromatic heterocycles. The molecular weight excluding hydrogens is 266 g/mol. The van der Waals surface area contributed by atoms with Crippen molar-refractivity contribution in [3.05, 3.63) is 29.8 Å². The number of imidazole rings is 1. The predicted molar refractivity (Wildman–Crippen MR) is 82.3 cm³/mol. The highest BCUT2D eigenvalue weighted by molar-refractivity contribution is 5.80. The molecule has 7 heteroatoms. The number of nitrogens with zero attached hydrogens (tertiary/aromatic N) is 5. The van der Waals surface area contributed by atoms with E-state index in [4.69, 9.17) is 5.73 Å². The van der Waals surface area contributed by atoms with Crippen LogP contribution in [0.5, 0.6) is 0 Å². The largest absolute Gasteiger partial charge is 0.383 e. The quantitative estimate of drug-likeness (QED) is 0.747. The summed E-state index contributed by atoms with van der Waals surface area (Å²) in [5.74, 6) is 2.16. The zero-order chi connectivity index (χ0) is 14.4. The van der Waals surface area contributed by atoms with Gasteiger partial charge in [-0.1, -0.05) is 12.1 Å². The molecule has 0 fully saturated rings. The van der Waals surface area contributed by atoms with Crippen molar-refractivity contribution in [2.45, 2.75) is 6.42 Å². The van der Waals surface area contributed by atoms with Gasteiger partial charge in [0.1, 0.15) is 5.82 Å². The van der Waals surface area contributed by atoms with E-state index in [0.717, 1.165) is 16.6 Å². The van der Waals surface area contributed by atoms with E-state index in [1.54, 1.807) is 6.21 Å². The Morgan fingerprint density at radius 2 is 2.05 bits per heavy atom. The van der Waals surface area contributed by atoms with Crippen molar-refractivity contribution in [1.82, 2.24) is 19.5 Å². The third kappa shape index (κ3) is 1.82. The van der Waals surface area contributed by atoms with Crippen molar-refractivity contribution in [2.24, 2.45) is 12.0 Å². The SMILES string of the molecule is Cn1c(Nc2nc(N)c3c(n2)N=CC3)nc2ccccc21. The molecule has 21 heavy (non-hydrogen) atoms. The molecule has 0 amide bonds. The van der Waals surface area contributed by atoms with Gasteiger partial charge in [-0.2, -0.15) is 9.97 Å². The Kier molecular flexibility index (Phi) is 2.41. The third-order valence-corrected chi connectivity index (χ3v) is 3.54. The lowest BCUT2D eigenvalue weighted by molar-refractivity contribution is 0.950. The van der Waals surface area contributed by atoms with Gasteiger partial charge in [-0.15, -0.1) is 0 Å². The number of nitrogen functional groups attached to an aromatic ring is 1. The zero-order valence-corrected chi connectivity index (χ0v) is 11.4. The van der Waals surface area contributed by atoms with Crippen molar-refractivity contribution in [3.8, 4) is 0 Å². The number of para-hydroxylation sites is 2. The first-order valence-electron chi connectivity index (χ1n) is 6.60. The third-order valence-electron chi connectivity index (χ3n) is 3.54. The van der Waals surface area contributed by atoms with Crippen molar-refractivity contribution in [1.29, 1.82) is 0 Å².